The molecule has 1 atom stereocenters. The predicted molar refractivity (Wildman–Crippen MR) is 86.9 cm³/mol. The lowest BCUT2D eigenvalue weighted by Crippen LogP contribution is -2.41. The smallest absolute Gasteiger partial charge is 0.273 e. The van der Waals surface area contributed by atoms with Crippen LogP contribution in [0.5, 0.6) is 0 Å². The molecule has 2 aromatic heterocycles. The van der Waals surface area contributed by atoms with Gasteiger partial charge in [0.05, 0.1) is 12.6 Å². The van der Waals surface area contributed by atoms with E-state index in [9.17, 15) is 4.79 Å². The Kier molecular flexibility index (Phi) is 3.53. The van der Waals surface area contributed by atoms with E-state index >= 15 is 0 Å². The number of nitrogens with zero attached hydrogens (tertiary/aromatic N) is 6. The van der Waals surface area contributed by atoms with Gasteiger partial charge in [0.1, 0.15) is 17.8 Å². The van der Waals surface area contributed by atoms with Crippen LogP contribution in [0.1, 0.15) is 29.3 Å². The van der Waals surface area contributed by atoms with E-state index in [2.05, 4.69) is 20.1 Å². The maximum absolute atomic E-state index is 12.7. The van der Waals surface area contributed by atoms with E-state index in [-0.39, 0.29) is 11.9 Å². The normalized spacial score (nSPS) is 16.7. The number of aromatic nitrogens is 5. The molecule has 0 spiro atoms. The predicted octanol–water partition coefficient (Wildman–Crippen LogP) is 1.95. The van der Waals surface area contributed by atoms with Crippen LogP contribution in [0.15, 0.2) is 48.9 Å². The number of carbonyl (C=O) groups excluding carboxylic acids is 1. The van der Waals surface area contributed by atoms with E-state index in [1.807, 2.05) is 41.9 Å². The molecule has 120 valence electrons. The van der Waals surface area contributed by atoms with E-state index < -0.39 is 0 Å². The Hall–Kier alpha value is -3.09. The van der Waals surface area contributed by atoms with Gasteiger partial charge in [0, 0.05) is 18.3 Å². The highest BCUT2D eigenvalue weighted by molar-refractivity contribution is 5.92. The van der Waals surface area contributed by atoms with Crippen LogP contribution in [0.25, 0.3) is 11.4 Å². The first kappa shape index (κ1) is 14.5. The van der Waals surface area contributed by atoms with Crippen molar-refractivity contribution >= 4 is 5.91 Å². The summed E-state index contributed by atoms with van der Waals surface area (Å²) < 4.78 is 1.89. The molecule has 3 aromatic rings. The van der Waals surface area contributed by atoms with Crippen molar-refractivity contribution in [3.05, 3.63) is 60.4 Å². The van der Waals surface area contributed by atoms with Crippen LogP contribution in [0.4, 0.5) is 0 Å². The van der Waals surface area contributed by atoms with Crippen molar-refractivity contribution in [3.8, 4) is 11.4 Å². The number of fused-ring (bicyclic) bond motifs is 1. The van der Waals surface area contributed by atoms with Crippen molar-refractivity contribution in [1.82, 2.24) is 29.6 Å². The van der Waals surface area contributed by atoms with Gasteiger partial charge in [-0.3, -0.25) is 4.79 Å². The average molecular weight is 320 g/mol. The van der Waals surface area contributed by atoms with E-state index in [0.29, 0.717) is 24.6 Å². The lowest BCUT2D eigenvalue weighted by atomic mass is 10.2. The van der Waals surface area contributed by atoms with Crippen LogP contribution in [-0.2, 0) is 6.54 Å². The zero-order valence-corrected chi connectivity index (χ0v) is 13.2. The summed E-state index contributed by atoms with van der Waals surface area (Å²) in [6, 6.07) is 11.3. The Labute approximate surface area is 139 Å². The van der Waals surface area contributed by atoms with Crippen LogP contribution in [0.3, 0.4) is 0 Å². The largest absolute Gasteiger partial charge is 0.325 e. The first-order valence-corrected chi connectivity index (χ1v) is 7.81. The highest BCUT2D eigenvalue weighted by Crippen LogP contribution is 2.27. The summed E-state index contributed by atoms with van der Waals surface area (Å²) in [5.74, 6) is 1.37. The molecule has 4 rings (SSSR count). The van der Waals surface area contributed by atoms with Gasteiger partial charge < -0.3 is 4.90 Å². The van der Waals surface area contributed by atoms with Gasteiger partial charge >= 0.3 is 0 Å². The van der Waals surface area contributed by atoms with Crippen molar-refractivity contribution in [3.63, 3.8) is 0 Å². The Morgan fingerprint density at radius 1 is 1.17 bits per heavy atom. The summed E-state index contributed by atoms with van der Waals surface area (Å²) in [5.41, 5.74) is 1.37. The van der Waals surface area contributed by atoms with Gasteiger partial charge in [0.25, 0.3) is 5.91 Å². The molecule has 0 fully saturated rings. The third kappa shape index (κ3) is 2.44. The maximum Gasteiger partial charge on any atom is 0.273 e. The Balaban J connectivity index is 1.64. The summed E-state index contributed by atoms with van der Waals surface area (Å²) in [4.78, 5) is 27.0. The fourth-order valence-electron chi connectivity index (χ4n) is 2.91. The molecule has 0 bridgehead atoms. The topological polar surface area (TPSA) is 76.8 Å². The van der Waals surface area contributed by atoms with Crippen LogP contribution >= 0.6 is 0 Å². The highest BCUT2D eigenvalue weighted by Gasteiger charge is 2.31. The number of benzene rings is 1. The highest BCUT2D eigenvalue weighted by atomic mass is 16.2. The zero-order valence-electron chi connectivity index (χ0n) is 13.2. The molecule has 7 heteroatoms. The molecule has 0 radical (unpaired) electrons. The molecule has 3 heterocycles. The zero-order chi connectivity index (χ0) is 16.5. The molecule has 0 saturated carbocycles. The lowest BCUT2D eigenvalue weighted by Gasteiger charge is -2.32. The Morgan fingerprint density at radius 2 is 2.00 bits per heavy atom. The van der Waals surface area contributed by atoms with Crippen molar-refractivity contribution in [2.75, 3.05) is 6.54 Å². The Morgan fingerprint density at radius 3 is 2.75 bits per heavy atom. The standard InChI is InChI=1S/C17H16N6O/c1-12-16-20-15(13-5-3-2-4-6-13)21-23(16)10-9-22(12)17(24)14-7-8-18-11-19-14/h2-8,11-12H,9-10H2,1H3/t12-/m0/s1. The second-order valence-electron chi connectivity index (χ2n) is 5.65. The summed E-state index contributed by atoms with van der Waals surface area (Å²) in [6.45, 7) is 3.17. The lowest BCUT2D eigenvalue weighted by molar-refractivity contribution is 0.0624. The van der Waals surface area contributed by atoms with Gasteiger partial charge in [-0.2, -0.15) is 5.10 Å². The molecule has 0 unspecified atom stereocenters. The molecule has 1 aliphatic rings. The number of hydrogen-bond acceptors (Lipinski definition) is 5. The Bertz CT molecular complexity index is 861. The average Bonchev–Trinajstić information content (AvgIpc) is 3.08. The number of carbonyl (C=O) groups is 1. The van der Waals surface area contributed by atoms with Gasteiger partial charge in [-0.05, 0) is 13.0 Å². The summed E-state index contributed by atoms with van der Waals surface area (Å²) in [6.07, 6.45) is 2.96. The van der Waals surface area contributed by atoms with Crippen molar-refractivity contribution in [1.29, 1.82) is 0 Å². The molecule has 0 aliphatic carbocycles. The molecular weight excluding hydrogens is 304 g/mol. The van der Waals surface area contributed by atoms with E-state index in [1.54, 1.807) is 17.2 Å². The molecule has 0 N–H and O–H groups in total. The third-order valence-corrected chi connectivity index (χ3v) is 4.19. The molecule has 1 amide bonds. The van der Waals surface area contributed by atoms with Gasteiger partial charge in [-0.1, -0.05) is 30.3 Å². The molecular formula is C17H16N6O. The fourth-order valence-corrected chi connectivity index (χ4v) is 2.91. The first-order chi connectivity index (χ1) is 11.7. The minimum Gasteiger partial charge on any atom is -0.325 e. The van der Waals surface area contributed by atoms with E-state index in [0.717, 1.165) is 11.4 Å². The minimum atomic E-state index is -0.161. The van der Waals surface area contributed by atoms with Crippen molar-refractivity contribution in [2.24, 2.45) is 0 Å². The van der Waals surface area contributed by atoms with Crippen molar-refractivity contribution in [2.45, 2.75) is 19.5 Å². The SMILES string of the molecule is C[C@H]1c2nc(-c3ccccc3)nn2CCN1C(=O)c1ccncn1. The molecule has 0 saturated heterocycles. The van der Waals surface area contributed by atoms with Crippen LogP contribution < -0.4 is 0 Å². The molecule has 1 aromatic carbocycles. The number of hydrogen-bond donors (Lipinski definition) is 0. The quantitative estimate of drug-likeness (QED) is 0.721. The van der Waals surface area contributed by atoms with E-state index in [1.165, 1.54) is 6.33 Å². The number of amides is 1. The van der Waals surface area contributed by atoms with Crippen LogP contribution in [-0.4, -0.2) is 42.1 Å². The summed E-state index contributed by atoms with van der Waals surface area (Å²) in [7, 11) is 0. The van der Waals surface area contributed by atoms with Crippen LogP contribution in [0, 0.1) is 0 Å². The fraction of sp³-hybridized carbons (Fsp3) is 0.235. The second kappa shape index (κ2) is 5.84. The second-order valence-corrected chi connectivity index (χ2v) is 5.65. The summed E-state index contributed by atoms with van der Waals surface area (Å²) in [5, 5.41) is 4.58. The third-order valence-electron chi connectivity index (χ3n) is 4.19. The van der Waals surface area contributed by atoms with Gasteiger partial charge in [0.2, 0.25) is 0 Å². The monoisotopic (exact) mass is 320 g/mol. The van der Waals surface area contributed by atoms with Gasteiger partial charge in [0.15, 0.2) is 5.82 Å². The van der Waals surface area contributed by atoms with E-state index in [4.69, 9.17) is 0 Å². The molecule has 24 heavy (non-hydrogen) atoms. The number of rotatable bonds is 2. The van der Waals surface area contributed by atoms with Crippen molar-refractivity contribution < 1.29 is 4.79 Å². The van der Waals surface area contributed by atoms with Gasteiger partial charge in [-0.15, -0.1) is 0 Å². The molecule has 7 nitrogen and oxygen atoms in total. The summed E-state index contributed by atoms with van der Waals surface area (Å²) >= 11 is 0. The van der Waals surface area contributed by atoms with Gasteiger partial charge in [-0.25, -0.2) is 19.6 Å². The maximum atomic E-state index is 12.7. The first-order valence-electron chi connectivity index (χ1n) is 7.81. The minimum absolute atomic E-state index is 0.111. The molecule has 1 aliphatic heterocycles. The van der Waals surface area contributed by atoms with Crippen LogP contribution in [0.2, 0.25) is 0 Å².